The van der Waals surface area contributed by atoms with Gasteiger partial charge in [-0.3, -0.25) is 4.79 Å². The Kier molecular flexibility index (Phi) is 4.61. The van der Waals surface area contributed by atoms with Crippen LogP contribution < -0.4 is 10.6 Å². The Morgan fingerprint density at radius 3 is 2.80 bits per heavy atom. The van der Waals surface area contributed by atoms with Crippen LogP contribution in [-0.4, -0.2) is 23.1 Å². The van der Waals surface area contributed by atoms with Crippen LogP contribution in [0, 0.1) is 5.92 Å². The molecule has 0 heterocycles. The quantitative estimate of drug-likeness (QED) is 0.747. The number of hydrogen-bond donors (Lipinski definition) is 3. The van der Waals surface area contributed by atoms with Gasteiger partial charge in [0.25, 0.3) is 0 Å². The first-order valence-electron chi connectivity index (χ1n) is 6.91. The molecule has 1 aromatic rings. The van der Waals surface area contributed by atoms with Gasteiger partial charge in [-0.05, 0) is 37.0 Å². The van der Waals surface area contributed by atoms with E-state index in [2.05, 4.69) is 10.6 Å². The number of anilines is 1. The number of aliphatic carboxylic acids is 1. The number of carboxylic acids is 1. The normalized spacial score (nSPS) is 15.4. The maximum Gasteiger partial charge on any atom is 0.319 e. The van der Waals surface area contributed by atoms with Crippen molar-refractivity contribution in [2.75, 3.05) is 5.32 Å². The fourth-order valence-corrected chi connectivity index (χ4v) is 2.24. The van der Waals surface area contributed by atoms with Crippen molar-refractivity contribution in [3.8, 4) is 0 Å². The number of hydrogen-bond acceptors (Lipinski definition) is 2. The number of carbonyl (C=O) groups excluding carboxylic acids is 1. The van der Waals surface area contributed by atoms with E-state index < -0.39 is 5.97 Å². The van der Waals surface area contributed by atoms with Gasteiger partial charge in [-0.15, -0.1) is 0 Å². The molecule has 1 aromatic carbocycles. The third-order valence-corrected chi connectivity index (χ3v) is 3.30. The highest BCUT2D eigenvalue weighted by Crippen LogP contribution is 2.33. The molecular weight excluding hydrogens is 256 g/mol. The third-order valence-electron chi connectivity index (χ3n) is 3.30. The molecule has 0 aromatic heterocycles. The van der Waals surface area contributed by atoms with Gasteiger partial charge in [0.05, 0.1) is 6.42 Å². The molecular formula is C15H20N2O3. The lowest BCUT2D eigenvalue weighted by molar-refractivity contribution is -0.136. The number of rotatable bonds is 6. The molecule has 1 unspecified atom stereocenters. The summed E-state index contributed by atoms with van der Waals surface area (Å²) < 4.78 is 0. The van der Waals surface area contributed by atoms with Crippen molar-refractivity contribution in [1.82, 2.24) is 5.32 Å². The Labute approximate surface area is 118 Å². The molecule has 0 saturated heterocycles. The summed E-state index contributed by atoms with van der Waals surface area (Å²) >= 11 is 0. The molecule has 1 fully saturated rings. The molecule has 3 N–H and O–H groups in total. The van der Waals surface area contributed by atoms with Crippen molar-refractivity contribution >= 4 is 17.7 Å². The summed E-state index contributed by atoms with van der Waals surface area (Å²) in [5, 5.41) is 14.4. The van der Waals surface area contributed by atoms with Crippen LogP contribution in [0.4, 0.5) is 10.5 Å². The Balaban J connectivity index is 1.84. The van der Waals surface area contributed by atoms with Gasteiger partial charge in [0.1, 0.15) is 0 Å². The van der Waals surface area contributed by atoms with E-state index >= 15 is 0 Å². The first-order chi connectivity index (χ1) is 9.52. The molecule has 1 aliphatic carbocycles. The lowest BCUT2D eigenvalue weighted by Crippen LogP contribution is -2.36. The zero-order chi connectivity index (χ0) is 14.5. The Bertz CT molecular complexity index is 498. The zero-order valence-corrected chi connectivity index (χ0v) is 11.6. The molecule has 2 rings (SSSR count). The van der Waals surface area contributed by atoms with Crippen LogP contribution in [0.3, 0.4) is 0 Å². The number of urea groups is 1. The number of benzene rings is 1. The minimum atomic E-state index is -0.885. The lowest BCUT2D eigenvalue weighted by atomic mass is 10.1. The monoisotopic (exact) mass is 276 g/mol. The van der Waals surface area contributed by atoms with Gasteiger partial charge in [-0.25, -0.2) is 4.79 Å². The number of carbonyl (C=O) groups is 2. The van der Waals surface area contributed by atoms with Gasteiger partial charge in [0.15, 0.2) is 0 Å². The second kappa shape index (κ2) is 6.41. The van der Waals surface area contributed by atoms with Gasteiger partial charge >= 0.3 is 12.0 Å². The molecule has 20 heavy (non-hydrogen) atoms. The van der Waals surface area contributed by atoms with E-state index in [0.717, 1.165) is 12.3 Å². The van der Waals surface area contributed by atoms with Gasteiger partial charge in [0, 0.05) is 11.7 Å². The van der Waals surface area contributed by atoms with Crippen molar-refractivity contribution in [2.45, 2.75) is 38.6 Å². The maximum absolute atomic E-state index is 11.8. The van der Waals surface area contributed by atoms with E-state index in [0.29, 0.717) is 11.3 Å². The van der Waals surface area contributed by atoms with Crippen molar-refractivity contribution in [2.24, 2.45) is 5.92 Å². The van der Waals surface area contributed by atoms with E-state index in [1.54, 1.807) is 24.3 Å². The second-order valence-electron chi connectivity index (χ2n) is 5.45. The topological polar surface area (TPSA) is 78.4 Å². The zero-order valence-electron chi connectivity index (χ0n) is 11.6. The molecule has 0 radical (unpaired) electrons. The average Bonchev–Trinajstić information content (AvgIpc) is 3.11. The summed E-state index contributed by atoms with van der Waals surface area (Å²) in [5.41, 5.74) is 1.28. The SMILES string of the molecule is CC(CC1CC1)NC(=O)Nc1cccc(CC(=O)O)c1. The van der Waals surface area contributed by atoms with E-state index in [4.69, 9.17) is 5.11 Å². The van der Waals surface area contributed by atoms with Crippen LogP contribution in [0.1, 0.15) is 31.7 Å². The van der Waals surface area contributed by atoms with Crippen molar-refractivity contribution in [3.63, 3.8) is 0 Å². The van der Waals surface area contributed by atoms with E-state index in [1.807, 2.05) is 6.92 Å². The van der Waals surface area contributed by atoms with E-state index in [1.165, 1.54) is 12.8 Å². The predicted octanol–water partition coefficient (Wildman–Crippen LogP) is 2.62. The number of amides is 2. The summed E-state index contributed by atoms with van der Waals surface area (Å²) in [6.07, 6.45) is 3.51. The van der Waals surface area contributed by atoms with Gasteiger partial charge < -0.3 is 15.7 Å². The summed E-state index contributed by atoms with van der Waals surface area (Å²) in [6, 6.07) is 6.81. The molecule has 1 atom stereocenters. The molecule has 108 valence electrons. The predicted molar refractivity (Wildman–Crippen MR) is 76.7 cm³/mol. The molecule has 5 heteroatoms. The highest BCUT2D eigenvalue weighted by atomic mass is 16.4. The lowest BCUT2D eigenvalue weighted by Gasteiger charge is -2.14. The van der Waals surface area contributed by atoms with E-state index in [-0.39, 0.29) is 18.5 Å². The number of nitrogens with one attached hydrogen (secondary N) is 2. The molecule has 5 nitrogen and oxygen atoms in total. The van der Waals surface area contributed by atoms with Gasteiger partial charge in [-0.2, -0.15) is 0 Å². The Hall–Kier alpha value is -2.04. The largest absolute Gasteiger partial charge is 0.481 e. The minimum Gasteiger partial charge on any atom is -0.481 e. The van der Waals surface area contributed by atoms with Crippen molar-refractivity contribution in [3.05, 3.63) is 29.8 Å². The standard InChI is InChI=1S/C15H20N2O3/c1-10(7-11-5-6-11)16-15(20)17-13-4-2-3-12(8-13)9-14(18)19/h2-4,8,10-11H,5-7,9H2,1H3,(H,18,19)(H2,16,17,20). The van der Waals surface area contributed by atoms with Crippen LogP contribution in [0.25, 0.3) is 0 Å². The van der Waals surface area contributed by atoms with Crippen LogP contribution >= 0.6 is 0 Å². The smallest absolute Gasteiger partial charge is 0.319 e. The molecule has 0 bridgehead atoms. The maximum atomic E-state index is 11.8. The average molecular weight is 276 g/mol. The highest BCUT2D eigenvalue weighted by Gasteiger charge is 2.24. The third kappa shape index (κ3) is 4.91. The van der Waals surface area contributed by atoms with Crippen molar-refractivity contribution < 1.29 is 14.7 Å². The second-order valence-corrected chi connectivity index (χ2v) is 5.45. The first-order valence-corrected chi connectivity index (χ1v) is 6.91. The van der Waals surface area contributed by atoms with Crippen molar-refractivity contribution in [1.29, 1.82) is 0 Å². The summed E-state index contributed by atoms with van der Waals surface area (Å²) in [4.78, 5) is 22.5. The fraction of sp³-hybridized carbons (Fsp3) is 0.467. The highest BCUT2D eigenvalue weighted by molar-refractivity contribution is 5.89. The summed E-state index contributed by atoms with van der Waals surface area (Å²) in [7, 11) is 0. The van der Waals surface area contributed by atoms with Crippen LogP contribution in [0.15, 0.2) is 24.3 Å². The van der Waals surface area contributed by atoms with Crippen LogP contribution in [-0.2, 0) is 11.2 Å². The van der Waals surface area contributed by atoms with Crippen LogP contribution in [0.2, 0.25) is 0 Å². The number of carboxylic acid groups (broad SMARTS) is 1. The molecule has 0 spiro atoms. The Morgan fingerprint density at radius 2 is 2.15 bits per heavy atom. The molecule has 1 saturated carbocycles. The molecule has 1 aliphatic rings. The molecule has 0 aliphatic heterocycles. The van der Waals surface area contributed by atoms with Gasteiger partial charge in [0.2, 0.25) is 0 Å². The first kappa shape index (κ1) is 14.4. The Morgan fingerprint density at radius 1 is 1.40 bits per heavy atom. The summed E-state index contributed by atoms with van der Waals surface area (Å²) in [5.74, 6) is -0.117. The fourth-order valence-electron chi connectivity index (χ4n) is 2.24. The summed E-state index contributed by atoms with van der Waals surface area (Å²) in [6.45, 7) is 2.00. The minimum absolute atomic E-state index is 0.0464. The van der Waals surface area contributed by atoms with Gasteiger partial charge in [-0.1, -0.05) is 25.0 Å². The van der Waals surface area contributed by atoms with E-state index in [9.17, 15) is 9.59 Å². The molecule has 2 amide bonds. The van der Waals surface area contributed by atoms with Crippen LogP contribution in [0.5, 0.6) is 0 Å².